The highest BCUT2D eigenvalue weighted by Crippen LogP contribution is 2.29. The molecule has 1 saturated heterocycles. The predicted octanol–water partition coefficient (Wildman–Crippen LogP) is 3.40. The first-order valence-electron chi connectivity index (χ1n) is 8.10. The topological polar surface area (TPSA) is 55.1 Å². The van der Waals surface area contributed by atoms with Crippen molar-refractivity contribution in [1.29, 1.82) is 0 Å². The molecule has 1 unspecified atom stereocenters. The van der Waals surface area contributed by atoms with E-state index in [1.54, 1.807) is 18.5 Å². The molecule has 1 aromatic carbocycles. The van der Waals surface area contributed by atoms with E-state index in [1.807, 2.05) is 12.1 Å². The summed E-state index contributed by atoms with van der Waals surface area (Å²) in [6.07, 6.45) is 4.20. The summed E-state index contributed by atoms with van der Waals surface area (Å²) in [4.78, 5) is 10.5. The van der Waals surface area contributed by atoms with Gasteiger partial charge < -0.3 is 4.52 Å². The van der Waals surface area contributed by atoms with E-state index in [1.165, 1.54) is 6.07 Å². The van der Waals surface area contributed by atoms with Crippen LogP contribution in [0.3, 0.4) is 0 Å². The summed E-state index contributed by atoms with van der Waals surface area (Å²) in [5.41, 5.74) is 1.21. The van der Waals surface area contributed by atoms with Crippen molar-refractivity contribution in [1.82, 2.24) is 20.0 Å². The molecule has 0 spiro atoms. The van der Waals surface area contributed by atoms with Gasteiger partial charge in [-0.3, -0.25) is 9.88 Å². The van der Waals surface area contributed by atoms with E-state index < -0.39 is 11.6 Å². The van der Waals surface area contributed by atoms with Crippen molar-refractivity contribution in [2.75, 3.05) is 13.1 Å². The number of hydrogen-bond donors (Lipinski definition) is 0. The average Bonchev–Trinajstić information content (AvgIpc) is 3.29. The Kier molecular flexibility index (Phi) is 4.23. The largest absolute Gasteiger partial charge is 0.339 e. The summed E-state index contributed by atoms with van der Waals surface area (Å²) < 4.78 is 32.5. The summed E-state index contributed by atoms with van der Waals surface area (Å²) in [5, 5.41) is 4.02. The minimum atomic E-state index is -0.813. The van der Waals surface area contributed by atoms with Crippen molar-refractivity contribution < 1.29 is 13.3 Å². The monoisotopic (exact) mass is 342 g/mol. The molecule has 1 fully saturated rings. The average molecular weight is 342 g/mol. The number of likely N-dealkylation sites (tertiary alicyclic amines) is 1. The molecule has 1 atom stereocenters. The van der Waals surface area contributed by atoms with Gasteiger partial charge in [-0.15, -0.1) is 0 Å². The second kappa shape index (κ2) is 6.68. The fraction of sp³-hybridized carbons (Fsp3) is 0.278. The summed E-state index contributed by atoms with van der Waals surface area (Å²) in [6, 6.07) is 7.91. The van der Waals surface area contributed by atoms with Crippen LogP contribution in [0.15, 0.2) is 47.2 Å². The highest BCUT2D eigenvalue weighted by atomic mass is 19.2. The second-order valence-electron chi connectivity index (χ2n) is 6.13. The fourth-order valence-electron chi connectivity index (χ4n) is 3.11. The molecule has 25 heavy (non-hydrogen) atoms. The first kappa shape index (κ1) is 15.8. The number of benzene rings is 1. The molecular weight excluding hydrogens is 326 g/mol. The first-order chi connectivity index (χ1) is 12.2. The molecule has 3 heterocycles. The first-order valence-corrected chi connectivity index (χ1v) is 8.10. The lowest BCUT2D eigenvalue weighted by Gasteiger charge is -2.15. The molecule has 0 radical (unpaired) electrons. The quantitative estimate of drug-likeness (QED) is 0.727. The number of halogens is 2. The van der Waals surface area contributed by atoms with Crippen LogP contribution < -0.4 is 0 Å². The molecule has 4 rings (SSSR count). The van der Waals surface area contributed by atoms with Crippen LogP contribution in [-0.4, -0.2) is 33.1 Å². The number of aromatic nitrogens is 3. The fourth-order valence-corrected chi connectivity index (χ4v) is 3.11. The van der Waals surface area contributed by atoms with E-state index in [-0.39, 0.29) is 5.92 Å². The third kappa shape index (κ3) is 3.28. The minimum absolute atomic E-state index is 0.0970. The molecular formula is C18H16F2N4O. The Balaban J connectivity index is 1.44. The third-order valence-corrected chi connectivity index (χ3v) is 4.43. The van der Waals surface area contributed by atoms with Gasteiger partial charge >= 0.3 is 0 Å². The Hall–Kier alpha value is -2.67. The molecule has 0 N–H and O–H groups in total. The maximum Gasteiger partial charge on any atom is 0.231 e. The molecule has 128 valence electrons. The van der Waals surface area contributed by atoms with E-state index in [0.717, 1.165) is 24.6 Å². The third-order valence-electron chi connectivity index (χ3n) is 4.43. The van der Waals surface area contributed by atoms with Crippen LogP contribution in [0, 0.1) is 11.6 Å². The molecule has 0 aliphatic carbocycles. The molecule has 7 heteroatoms. The van der Waals surface area contributed by atoms with Gasteiger partial charge in [0, 0.05) is 36.6 Å². The Morgan fingerprint density at radius 1 is 1.16 bits per heavy atom. The summed E-state index contributed by atoms with van der Waals surface area (Å²) in [5.74, 6) is -0.378. The molecule has 0 saturated carbocycles. The molecule has 0 bridgehead atoms. The van der Waals surface area contributed by atoms with Crippen LogP contribution in [0.1, 0.15) is 23.8 Å². The zero-order chi connectivity index (χ0) is 17.2. The predicted molar refractivity (Wildman–Crippen MR) is 86.5 cm³/mol. The summed E-state index contributed by atoms with van der Waals surface area (Å²) in [6.45, 7) is 1.81. The summed E-state index contributed by atoms with van der Waals surface area (Å²) >= 11 is 0. The number of rotatable bonds is 4. The SMILES string of the molecule is Fc1cccc(CN2CCC(c3nc(-c4ccncc4)no3)C2)c1F. The Labute approximate surface area is 143 Å². The van der Waals surface area contributed by atoms with Gasteiger partial charge in [-0.1, -0.05) is 17.3 Å². The van der Waals surface area contributed by atoms with Gasteiger partial charge in [0.25, 0.3) is 0 Å². The van der Waals surface area contributed by atoms with Gasteiger partial charge in [0.2, 0.25) is 11.7 Å². The normalized spacial score (nSPS) is 17.9. The lowest BCUT2D eigenvalue weighted by Crippen LogP contribution is -2.20. The van der Waals surface area contributed by atoms with Crippen molar-refractivity contribution in [2.45, 2.75) is 18.9 Å². The molecule has 2 aromatic heterocycles. The standard InChI is InChI=1S/C18H16F2N4O/c19-15-3-1-2-13(16(15)20)10-24-9-6-14(11-24)18-22-17(23-25-18)12-4-7-21-8-5-12/h1-5,7-8,14H,6,9-11H2. The van der Waals surface area contributed by atoms with Crippen LogP contribution in [0.2, 0.25) is 0 Å². The van der Waals surface area contributed by atoms with Gasteiger partial charge in [-0.2, -0.15) is 4.98 Å². The van der Waals surface area contributed by atoms with Gasteiger partial charge in [0.15, 0.2) is 11.6 Å². The van der Waals surface area contributed by atoms with E-state index in [9.17, 15) is 8.78 Å². The molecule has 0 amide bonds. The van der Waals surface area contributed by atoms with E-state index in [4.69, 9.17) is 4.52 Å². The molecule has 5 nitrogen and oxygen atoms in total. The van der Waals surface area contributed by atoms with Crippen LogP contribution in [0.4, 0.5) is 8.78 Å². The minimum Gasteiger partial charge on any atom is -0.339 e. The van der Waals surface area contributed by atoms with Crippen molar-refractivity contribution >= 4 is 0 Å². The lowest BCUT2D eigenvalue weighted by atomic mass is 10.1. The van der Waals surface area contributed by atoms with Gasteiger partial charge in [-0.05, 0) is 31.2 Å². The number of nitrogens with zero attached hydrogens (tertiary/aromatic N) is 4. The highest BCUT2D eigenvalue weighted by Gasteiger charge is 2.29. The van der Waals surface area contributed by atoms with Gasteiger partial charge in [0.1, 0.15) is 0 Å². The maximum atomic E-state index is 13.8. The number of hydrogen-bond acceptors (Lipinski definition) is 5. The van der Waals surface area contributed by atoms with Crippen molar-refractivity contribution in [2.24, 2.45) is 0 Å². The van der Waals surface area contributed by atoms with E-state index >= 15 is 0 Å². The summed E-state index contributed by atoms with van der Waals surface area (Å²) in [7, 11) is 0. The van der Waals surface area contributed by atoms with Crippen LogP contribution >= 0.6 is 0 Å². The van der Waals surface area contributed by atoms with E-state index in [2.05, 4.69) is 20.0 Å². The highest BCUT2D eigenvalue weighted by molar-refractivity contribution is 5.52. The number of pyridine rings is 1. The van der Waals surface area contributed by atoms with Crippen molar-refractivity contribution in [3.63, 3.8) is 0 Å². The zero-order valence-corrected chi connectivity index (χ0v) is 13.4. The maximum absolute atomic E-state index is 13.8. The molecule has 3 aromatic rings. The smallest absolute Gasteiger partial charge is 0.231 e. The van der Waals surface area contributed by atoms with Crippen LogP contribution in [0.25, 0.3) is 11.4 Å². The molecule has 1 aliphatic rings. The van der Waals surface area contributed by atoms with Gasteiger partial charge in [0.05, 0.1) is 5.92 Å². The Bertz CT molecular complexity index is 869. The van der Waals surface area contributed by atoms with Crippen molar-refractivity contribution in [3.8, 4) is 11.4 Å². The van der Waals surface area contributed by atoms with Crippen LogP contribution in [-0.2, 0) is 6.54 Å². The Morgan fingerprint density at radius 2 is 2.00 bits per heavy atom. The Morgan fingerprint density at radius 3 is 2.84 bits per heavy atom. The molecule has 1 aliphatic heterocycles. The van der Waals surface area contributed by atoms with Crippen molar-refractivity contribution in [3.05, 3.63) is 65.8 Å². The van der Waals surface area contributed by atoms with Crippen LogP contribution in [0.5, 0.6) is 0 Å². The lowest BCUT2D eigenvalue weighted by molar-refractivity contribution is 0.303. The van der Waals surface area contributed by atoms with E-state index in [0.29, 0.717) is 30.4 Å². The van der Waals surface area contributed by atoms with Gasteiger partial charge in [-0.25, -0.2) is 8.78 Å². The second-order valence-corrected chi connectivity index (χ2v) is 6.13. The zero-order valence-electron chi connectivity index (χ0n) is 13.4.